The van der Waals surface area contributed by atoms with Gasteiger partial charge in [-0.2, -0.15) is 0 Å². The van der Waals surface area contributed by atoms with Crippen LogP contribution in [0.1, 0.15) is 0 Å². The van der Waals surface area contributed by atoms with E-state index in [0.717, 1.165) is 0 Å². The van der Waals surface area contributed by atoms with Crippen LogP contribution in [-0.2, 0) is 14.1 Å². The number of esters is 1. The van der Waals surface area contributed by atoms with Crippen LogP contribution in [0.2, 0.25) is 0 Å². The van der Waals surface area contributed by atoms with Crippen LogP contribution in [0.5, 0.6) is 5.75 Å². The lowest BCUT2D eigenvalue weighted by Gasteiger charge is -2.12. The molecule has 7 heteroatoms. The van der Waals surface area contributed by atoms with Crippen LogP contribution < -0.4 is 9.61 Å². The first-order valence-corrected chi connectivity index (χ1v) is 6.93. The minimum absolute atomic E-state index is 0.274. The molecule has 0 aliphatic heterocycles. The van der Waals surface area contributed by atoms with E-state index in [2.05, 4.69) is 9.82 Å². The van der Waals surface area contributed by atoms with Gasteiger partial charge < -0.3 is 9.26 Å². The molecule has 0 fully saturated rings. The summed E-state index contributed by atoms with van der Waals surface area (Å²) in [5.41, 5.74) is 0. The van der Waals surface area contributed by atoms with E-state index in [-0.39, 0.29) is 6.54 Å². The van der Waals surface area contributed by atoms with Gasteiger partial charge in [0.05, 0.1) is 7.11 Å². The number of hydrogen-bond donors (Lipinski definition) is 1. The molecule has 0 saturated carbocycles. The van der Waals surface area contributed by atoms with Gasteiger partial charge in [-0.25, -0.2) is 9.65 Å². The molecule has 88 valence electrons. The number of carbonyl (C=O) groups excluding carboxylic acids is 1. The molecule has 0 aliphatic rings. The molecule has 0 aromatic heterocycles. The van der Waals surface area contributed by atoms with Gasteiger partial charge in [-0.05, 0) is 12.1 Å². The van der Waals surface area contributed by atoms with E-state index in [1.807, 2.05) is 0 Å². The Morgan fingerprint density at radius 1 is 1.44 bits per heavy atom. The van der Waals surface area contributed by atoms with Gasteiger partial charge >= 0.3 is 12.8 Å². The number of para-hydroxylation sites is 1. The molecular formula is C9H11ClNO4P. The predicted octanol–water partition coefficient (Wildman–Crippen LogP) is 2.17. The summed E-state index contributed by atoms with van der Waals surface area (Å²) in [6, 6.07) is 8.43. The van der Waals surface area contributed by atoms with Gasteiger partial charge in [0.25, 0.3) is 0 Å². The Hall–Kier alpha value is -1.03. The molecule has 1 aromatic carbocycles. The molecular weight excluding hydrogens is 253 g/mol. The second-order valence-electron chi connectivity index (χ2n) is 2.80. The highest BCUT2D eigenvalue weighted by atomic mass is 35.7. The number of halogens is 1. The maximum atomic E-state index is 11.6. The van der Waals surface area contributed by atoms with E-state index in [0.29, 0.717) is 5.75 Å². The van der Waals surface area contributed by atoms with Crippen molar-refractivity contribution >= 4 is 24.1 Å². The monoisotopic (exact) mass is 263 g/mol. The highest BCUT2D eigenvalue weighted by molar-refractivity contribution is 7.84. The minimum atomic E-state index is -3.56. The third kappa shape index (κ3) is 4.66. The fourth-order valence-corrected chi connectivity index (χ4v) is 2.07. The average molecular weight is 264 g/mol. The number of benzene rings is 1. The lowest BCUT2D eigenvalue weighted by molar-refractivity contribution is -0.139. The van der Waals surface area contributed by atoms with E-state index < -0.39 is 12.8 Å². The molecule has 0 spiro atoms. The molecule has 16 heavy (non-hydrogen) atoms. The van der Waals surface area contributed by atoms with Gasteiger partial charge in [-0.3, -0.25) is 4.79 Å². The van der Waals surface area contributed by atoms with Crippen LogP contribution in [-0.4, -0.2) is 19.6 Å². The summed E-state index contributed by atoms with van der Waals surface area (Å²) in [6.07, 6.45) is 0. The van der Waals surface area contributed by atoms with E-state index in [1.165, 1.54) is 7.11 Å². The van der Waals surface area contributed by atoms with Gasteiger partial charge in [0, 0.05) is 11.2 Å². The lowest BCUT2D eigenvalue weighted by atomic mass is 10.3. The first-order valence-electron chi connectivity index (χ1n) is 4.40. The van der Waals surface area contributed by atoms with Crippen molar-refractivity contribution in [3.63, 3.8) is 0 Å². The second kappa shape index (κ2) is 5.89. The van der Waals surface area contributed by atoms with Gasteiger partial charge in [-0.15, -0.1) is 0 Å². The zero-order valence-electron chi connectivity index (χ0n) is 8.55. The molecule has 0 saturated heterocycles. The third-order valence-electron chi connectivity index (χ3n) is 1.61. The Labute approximate surface area is 98.0 Å². The Morgan fingerprint density at radius 3 is 2.62 bits per heavy atom. The largest absolute Gasteiger partial charge is 0.468 e. The van der Waals surface area contributed by atoms with Crippen LogP contribution in [0.15, 0.2) is 30.3 Å². The van der Waals surface area contributed by atoms with Crippen molar-refractivity contribution in [1.29, 1.82) is 0 Å². The maximum absolute atomic E-state index is 11.6. The van der Waals surface area contributed by atoms with E-state index in [9.17, 15) is 9.36 Å². The Kier molecular flexibility index (Phi) is 4.80. The lowest BCUT2D eigenvalue weighted by Crippen LogP contribution is -2.21. The smallest absolute Gasteiger partial charge is 0.409 e. The van der Waals surface area contributed by atoms with Crippen LogP contribution >= 0.6 is 18.1 Å². The summed E-state index contributed by atoms with van der Waals surface area (Å²) >= 11 is 5.59. The van der Waals surface area contributed by atoms with Crippen molar-refractivity contribution in [3.8, 4) is 5.75 Å². The Balaban J connectivity index is 2.52. The van der Waals surface area contributed by atoms with Gasteiger partial charge in [0.1, 0.15) is 12.3 Å². The predicted molar refractivity (Wildman–Crippen MR) is 60.5 cm³/mol. The molecule has 1 aromatic rings. The van der Waals surface area contributed by atoms with Crippen molar-refractivity contribution in [2.24, 2.45) is 0 Å². The summed E-state index contributed by atoms with van der Waals surface area (Å²) < 4.78 is 21.0. The van der Waals surface area contributed by atoms with Gasteiger partial charge in [0.2, 0.25) is 0 Å². The third-order valence-corrected chi connectivity index (χ3v) is 3.15. The maximum Gasteiger partial charge on any atom is 0.409 e. The summed E-state index contributed by atoms with van der Waals surface area (Å²) in [6.45, 7) is -3.83. The minimum Gasteiger partial charge on any atom is -0.468 e. The normalized spacial score (nSPS) is 13.9. The number of methoxy groups -OCH3 is 1. The van der Waals surface area contributed by atoms with E-state index in [1.54, 1.807) is 30.3 Å². The molecule has 1 rings (SSSR count). The molecule has 5 nitrogen and oxygen atoms in total. The zero-order valence-corrected chi connectivity index (χ0v) is 10.2. The van der Waals surface area contributed by atoms with Crippen molar-refractivity contribution < 1.29 is 18.6 Å². The number of hydrogen-bond acceptors (Lipinski definition) is 4. The topological polar surface area (TPSA) is 64.6 Å². The SMILES string of the molecule is COC(=O)CNP(=O)(Cl)Oc1ccccc1. The number of carbonyl (C=O) groups is 1. The number of nitrogens with one attached hydrogen (secondary N) is 1. The van der Waals surface area contributed by atoms with E-state index >= 15 is 0 Å². The summed E-state index contributed by atoms with van der Waals surface area (Å²) in [5, 5.41) is 2.28. The summed E-state index contributed by atoms with van der Waals surface area (Å²) in [7, 11) is 1.22. The van der Waals surface area contributed by atoms with Crippen molar-refractivity contribution in [2.45, 2.75) is 0 Å². The van der Waals surface area contributed by atoms with Gasteiger partial charge in [-0.1, -0.05) is 18.2 Å². The van der Waals surface area contributed by atoms with Crippen molar-refractivity contribution in [3.05, 3.63) is 30.3 Å². The fourth-order valence-electron chi connectivity index (χ4n) is 0.880. The van der Waals surface area contributed by atoms with Crippen LogP contribution in [0.4, 0.5) is 0 Å². The number of ether oxygens (including phenoxy) is 1. The summed E-state index contributed by atoms with van der Waals surface area (Å²) in [4.78, 5) is 10.8. The highest BCUT2D eigenvalue weighted by Crippen LogP contribution is 2.47. The van der Waals surface area contributed by atoms with Crippen LogP contribution in [0, 0.1) is 0 Å². The molecule has 1 unspecified atom stereocenters. The molecule has 0 heterocycles. The molecule has 0 radical (unpaired) electrons. The fraction of sp³-hybridized carbons (Fsp3) is 0.222. The molecule has 1 atom stereocenters. The van der Waals surface area contributed by atoms with Gasteiger partial charge in [0.15, 0.2) is 0 Å². The first kappa shape index (κ1) is 13.0. The average Bonchev–Trinajstić information content (AvgIpc) is 2.27. The van der Waals surface area contributed by atoms with E-state index in [4.69, 9.17) is 15.8 Å². The second-order valence-corrected chi connectivity index (χ2v) is 5.59. The number of rotatable bonds is 5. The first-order chi connectivity index (χ1) is 7.53. The van der Waals surface area contributed by atoms with Crippen LogP contribution in [0.3, 0.4) is 0 Å². The quantitative estimate of drug-likeness (QED) is 0.651. The molecule has 0 aliphatic carbocycles. The standard InChI is InChI=1S/C9H11ClNO4P/c1-14-9(12)7-11-16(10,13)15-8-5-3-2-4-6-8/h2-6H,7H2,1H3,(H,11,13). The van der Waals surface area contributed by atoms with Crippen molar-refractivity contribution in [2.75, 3.05) is 13.7 Å². The molecule has 0 amide bonds. The summed E-state index contributed by atoms with van der Waals surface area (Å²) in [5.74, 6) is -0.212. The highest BCUT2D eigenvalue weighted by Gasteiger charge is 2.21. The molecule has 1 N–H and O–H groups in total. The Morgan fingerprint density at radius 2 is 2.06 bits per heavy atom. The molecule has 0 bridgehead atoms. The Bertz CT molecular complexity index is 398. The zero-order chi connectivity index (χ0) is 12.0. The van der Waals surface area contributed by atoms with Crippen LogP contribution in [0.25, 0.3) is 0 Å². The van der Waals surface area contributed by atoms with Crippen molar-refractivity contribution in [1.82, 2.24) is 5.09 Å².